The molecule has 0 bridgehead atoms. The van der Waals surface area contributed by atoms with Crippen LogP contribution in [0.4, 0.5) is 13.2 Å². The van der Waals surface area contributed by atoms with E-state index >= 15 is 0 Å². The van der Waals surface area contributed by atoms with Gasteiger partial charge in [0.2, 0.25) is 5.91 Å². The molecule has 0 aromatic rings. The van der Waals surface area contributed by atoms with Crippen LogP contribution in [0.5, 0.6) is 0 Å². The third-order valence-electron chi connectivity index (χ3n) is 3.24. The number of hydrogen-bond donors (Lipinski definition) is 1. The van der Waals surface area contributed by atoms with Crippen molar-refractivity contribution in [1.29, 1.82) is 0 Å². The van der Waals surface area contributed by atoms with Crippen molar-refractivity contribution in [3.05, 3.63) is 0 Å². The van der Waals surface area contributed by atoms with Gasteiger partial charge in [0.15, 0.2) is 5.54 Å². The second kappa shape index (κ2) is 4.15. The van der Waals surface area contributed by atoms with E-state index in [2.05, 4.69) is 0 Å². The second-order valence-electron chi connectivity index (χ2n) is 5.54. The summed E-state index contributed by atoms with van der Waals surface area (Å²) in [4.78, 5) is 13.0. The molecule has 1 saturated heterocycles. The fourth-order valence-electron chi connectivity index (χ4n) is 2.20. The molecule has 3 nitrogen and oxygen atoms in total. The lowest BCUT2D eigenvalue weighted by Gasteiger charge is -2.41. The molecule has 0 aromatic heterocycles. The van der Waals surface area contributed by atoms with Gasteiger partial charge in [-0.15, -0.1) is 0 Å². The molecule has 0 aliphatic carbocycles. The standard InChI is InChI=1S/C11H19F3N2O/c1-9(2,3)8(17)16-6-4-5-10(16,7-15)11(12,13)14/h4-7,15H2,1-3H3. The van der Waals surface area contributed by atoms with E-state index in [0.717, 1.165) is 4.90 Å². The molecule has 1 unspecified atom stereocenters. The van der Waals surface area contributed by atoms with Crippen LogP contribution in [0.25, 0.3) is 0 Å². The van der Waals surface area contributed by atoms with E-state index in [4.69, 9.17) is 5.73 Å². The molecular weight excluding hydrogens is 233 g/mol. The maximum atomic E-state index is 13.1. The first-order valence-electron chi connectivity index (χ1n) is 5.65. The predicted octanol–water partition coefficient (Wildman–Crippen LogP) is 1.91. The molecule has 1 atom stereocenters. The molecule has 0 radical (unpaired) electrons. The lowest BCUT2D eigenvalue weighted by atomic mass is 9.89. The van der Waals surface area contributed by atoms with Crippen LogP contribution >= 0.6 is 0 Å². The molecule has 1 rings (SSSR count). The molecule has 0 aromatic carbocycles. The number of alkyl halides is 3. The van der Waals surface area contributed by atoms with Crippen LogP contribution in [-0.4, -0.2) is 35.6 Å². The minimum atomic E-state index is -4.47. The number of carbonyl (C=O) groups excluding carboxylic acids is 1. The van der Waals surface area contributed by atoms with Crippen molar-refractivity contribution in [3.63, 3.8) is 0 Å². The van der Waals surface area contributed by atoms with Gasteiger partial charge in [-0.3, -0.25) is 4.79 Å². The van der Waals surface area contributed by atoms with E-state index in [1.165, 1.54) is 0 Å². The number of hydrogen-bond acceptors (Lipinski definition) is 2. The summed E-state index contributed by atoms with van der Waals surface area (Å²) in [5, 5.41) is 0. The maximum absolute atomic E-state index is 13.1. The van der Waals surface area contributed by atoms with Gasteiger partial charge in [-0.2, -0.15) is 13.2 Å². The number of halogens is 3. The SMILES string of the molecule is CC(C)(C)C(=O)N1CCCC1(CN)C(F)(F)F. The summed E-state index contributed by atoms with van der Waals surface area (Å²) >= 11 is 0. The van der Waals surface area contributed by atoms with Crippen LogP contribution in [0.2, 0.25) is 0 Å². The molecule has 1 aliphatic heterocycles. The zero-order valence-corrected chi connectivity index (χ0v) is 10.4. The third kappa shape index (κ3) is 2.27. The smallest absolute Gasteiger partial charge is 0.328 e. The number of nitrogens with two attached hydrogens (primary N) is 1. The fourth-order valence-corrected chi connectivity index (χ4v) is 2.20. The Balaban J connectivity index is 3.12. The number of likely N-dealkylation sites (tertiary alicyclic amines) is 1. The maximum Gasteiger partial charge on any atom is 0.412 e. The molecule has 2 N–H and O–H groups in total. The van der Waals surface area contributed by atoms with Crippen LogP contribution in [0, 0.1) is 5.41 Å². The summed E-state index contributed by atoms with van der Waals surface area (Å²) in [5.74, 6) is -0.488. The summed E-state index contributed by atoms with van der Waals surface area (Å²) in [7, 11) is 0. The highest BCUT2D eigenvalue weighted by atomic mass is 19.4. The van der Waals surface area contributed by atoms with Gasteiger partial charge in [0.1, 0.15) is 0 Å². The Kier molecular flexibility index (Phi) is 3.49. The summed E-state index contributed by atoms with van der Waals surface area (Å²) in [6.45, 7) is 4.41. The van der Waals surface area contributed by atoms with E-state index in [0.29, 0.717) is 6.42 Å². The van der Waals surface area contributed by atoms with E-state index in [1.807, 2.05) is 0 Å². The monoisotopic (exact) mass is 252 g/mol. The third-order valence-corrected chi connectivity index (χ3v) is 3.24. The number of amides is 1. The van der Waals surface area contributed by atoms with Crippen LogP contribution < -0.4 is 5.73 Å². The topological polar surface area (TPSA) is 46.3 Å². The molecule has 1 fully saturated rings. The fraction of sp³-hybridized carbons (Fsp3) is 0.909. The van der Waals surface area contributed by atoms with Crippen LogP contribution in [-0.2, 0) is 4.79 Å². The first kappa shape index (κ1) is 14.3. The van der Waals surface area contributed by atoms with Crippen molar-refractivity contribution in [2.24, 2.45) is 11.1 Å². The van der Waals surface area contributed by atoms with E-state index < -0.39 is 29.6 Å². The number of nitrogens with zero attached hydrogens (tertiary/aromatic N) is 1. The normalized spacial score (nSPS) is 26.4. The second-order valence-corrected chi connectivity index (χ2v) is 5.54. The van der Waals surface area contributed by atoms with E-state index in [9.17, 15) is 18.0 Å². The molecule has 1 aliphatic rings. The van der Waals surface area contributed by atoms with Crippen LogP contribution in [0.15, 0.2) is 0 Å². The number of carbonyl (C=O) groups is 1. The zero-order chi connectivity index (χ0) is 13.5. The molecule has 0 spiro atoms. The highest BCUT2D eigenvalue weighted by Crippen LogP contribution is 2.44. The van der Waals surface area contributed by atoms with Crippen molar-refractivity contribution >= 4 is 5.91 Å². The summed E-state index contributed by atoms with van der Waals surface area (Å²) in [6.07, 6.45) is -4.23. The summed E-state index contributed by atoms with van der Waals surface area (Å²) in [5.41, 5.74) is 2.32. The average molecular weight is 252 g/mol. The molecule has 0 saturated carbocycles. The van der Waals surface area contributed by atoms with Gasteiger partial charge < -0.3 is 10.6 Å². The minimum absolute atomic E-state index is 0.102. The lowest BCUT2D eigenvalue weighted by Crippen LogP contribution is -2.63. The number of rotatable bonds is 1. The largest absolute Gasteiger partial charge is 0.412 e. The van der Waals surface area contributed by atoms with Gasteiger partial charge in [0.05, 0.1) is 0 Å². The van der Waals surface area contributed by atoms with Crippen molar-refractivity contribution in [3.8, 4) is 0 Å². The molecular formula is C11H19F3N2O. The van der Waals surface area contributed by atoms with Gasteiger partial charge in [0.25, 0.3) is 0 Å². The van der Waals surface area contributed by atoms with Gasteiger partial charge >= 0.3 is 6.18 Å². The molecule has 6 heteroatoms. The molecule has 17 heavy (non-hydrogen) atoms. The highest BCUT2D eigenvalue weighted by Gasteiger charge is 2.61. The first-order valence-corrected chi connectivity index (χ1v) is 5.65. The van der Waals surface area contributed by atoms with Crippen molar-refractivity contribution in [2.75, 3.05) is 13.1 Å². The minimum Gasteiger partial charge on any atom is -0.328 e. The Hall–Kier alpha value is -0.780. The predicted molar refractivity (Wildman–Crippen MR) is 58.2 cm³/mol. The van der Waals surface area contributed by atoms with Crippen molar-refractivity contribution < 1.29 is 18.0 Å². The van der Waals surface area contributed by atoms with E-state index in [-0.39, 0.29) is 13.0 Å². The lowest BCUT2D eigenvalue weighted by molar-refractivity contribution is -0.223. The van der Waals surface area contributed by atoms with Crippen molar-refractivity contribution in [1.82, 2.24) is 4.90 Å². The van der Waals surface area contributed by atoms with Crippen molar-refractivity contribution in [2.45, 2.75) is 45.3 Å². The Morgan fingerprint density at radius 2 is 1.88 bits per heavy atom. The molecule has 100 valence electrons. The van der Waals surface area contributed by atoms with Gasteiger partial charge in [-0.05, 0) is 12.8 Å². The van der Waals surface area contributed by atoms with Gasteiger partial charge in [0, 0.05) is 18.5 Å². The van der Waals surface area contributed by atoms with Crippen LogP contribution in [0.3, 0.4) is 0 Å². The quantitative estimate of drug-likeness (QED) is 0.775. The molecule has 1 amide bonds. The highest BCUT2D eigenvalue weighted by molar-refractivity contribution is 5.82. The zero-order valence-electron chi connectivity index (χ0n) is 10.4. The first-order chi connectivity index (χ1) is 7.56. The van der Waals surface area contributed by atoms with Gasteiger partial charge in [-0.1, -0.05) is 20.8 Å². The Bertz CT molecular complexity index is 309. The average Bonchev–Trinajstić information content (AvgIpc) is 2.58. The Morgan fingerprint density at radius 3 is 2.24 bits per heavy atom. The van der Waals surface area contributed by atoms with Crippen LogP contribution in [0.1, 0.15) is 33.6 Å². The van der Waals surface area contributed by atoms with E-state index in [1.54, 1.807) is 20.8 Å². The Morgan fingerprint density at radius 1 is 1.35 bits per heavy atom. The molecule has 1 heterocycles. The summed E-state index contributed by atoms with van der Waals surface area (Å²) < 4.78 is 39.4. The van der Waals surface area contributed by atoms with Gasteiger partial charge in [-0.25, -0.2) is 0 Å². The summed E-state index contributed by atoms with van der Waals surface area (Å²) in [6, 6.07) is 0. The Labute approximate surface area is 99.1 Å².